The molecule has 102 valence electrons. The first kappa shape index (κ1) is 14.6. The zero-order valence-corrected chi connectivity index (χ0v) is 13.4. The summed E-state index contributed by atoms with van der Waals surface area (Å²) in [6.07, 6.45) is 1.76. The normalized spacial score (nSPS) is 26.2. The lowest BCUT2D eigenvalue weighted by Crippen LogP contribution is -2.37. The monoisotopic (exact) mass is 305 g/mol. The maximum atomic E-state index is 6.32. The predicted octanol–water partition coefficient (Wildman–Crippen LogP) is 3.05. The summed E-state index contributed by atoms with van der Waals surface area (Å²) in [5.74, 6) is 2.47. The van der Waals surface area contributed by atoms with Crippen molar-refractivity contribution in [1.29, 1.82) is 0 Å². The van der Waals surface area contributed by atoms with Gasteiger partial charge < -0.3 is 5.32 Å². The first-order valence-electron chi connectivity index (χ1n) is 6.30. The lowest BCUT2D eigenvalue weighted by atomic mass is 10.1. The van der Waals surface area contributed by atoms with Gasteiger partial charge in [0.2, 0.25) is 0 Å². The lowest BCUT2D eigenvalue weighted by molar-refractivity contribution is 0.497. The van der Waals surface area contributed by atoms with Gasteiger partial charge in [0.15, 0.2) is 0 Å². The van der Waals surface area contributed by atoms with Crippen molar-refractivity contribution in [2.45, 2.75) is 36.9 Å². The quantitative estimate of drug-likeness (QED) is 0.926. The molecule has 0 saturated carbocycles. The van der Waals surface area contributed by atoms with Crippen LogP contribution in [0.2, 0.25) is 5.02 Å². The minimum Gasteiger partial charge on any atom is -0.311 e. The molecule has 1 N–H and O–H groups in total. The molecule has 18 heavy (non-hydrogen) atoms. The molecular formula is C12H20ClN3S2. The number of thioether (sulfide) groups is 2. The number of hydrogen-bond acceptors (Lipinski definition) is 4. The van der Waals surface area contributed by atoms with E-state index in [4.69, 9.17) is 11.6 Å². The van der Waals surface area contributed by atoms with Gasteiger partial charge in [-0.15, -0.1) is 0 Å². The summed E-state index contributed by atoms with van der Waals surface area (Å²) in [5, 5.41) is 9.76. The molecule has 1 saturated heterocycles. The van der Waals surface area contributed by atoms with E-state index in [2.05, 4.69) is 36.0 Å². The number of nitrogens with one attached hydrogen (secondary N) is 1. The highest BCUT2D eigenvalue weighted by Gasteiger charge is 2.33. The van der Waals surface area contributed by atoms with E-state index in [1.807, 2.05) is 23.5 Å². The summed E-state index contributed by atoms with van der Waals surface area (Å²) in [5.41, 5.74) is 1.13. The molecule has 0 bridgehead atoms. The van der Waals surface area contributed by atoms with Crippen LogP contribution >= 0.6 is 35.1 Å². The average molecular weight is 306 g/mol. The van der Waals surface area contributed by atoms with Gasteiger partial charge in [-0.25, -0.2) is 0 Å². The van der Waals surface area contributed by atoms with Gasteiger partial charge in [0, 0.05) is 28.6 Å². The molecule has 0 spiro atoms. The molecule has 3 unspecified atom stereocenters. The third kappa shape index (κ3) is 2.84. The van der Waals surface area contributed by atoms with E-state index in [0.717, 1.165) is 17.3 Å². The van der Waals surface area contributed by atoms with E-state index < -0.39 is 0 Å². The van der Waals surface area contributed by atoms with Crippen molar-refractivity contribution >= 4 is 35.1 Å². The van der Waals surface area contributed by atoms with Crippen molar-refractivity contribution in [3.05, 3.63) is 16.9 Å². The third-order valence-electron chi connectivity index (χ3n) is 3.30. The van der Waals surface area contributed by atoms with Gasteiger partial charge in [-0.1, -0.05) is 18.5 Å². The molecule has 3 nitrogen and oxygen atoms in total. The molecule has 2 rings (SSSR count). The smallest absolute Gasteiger partial charge is 0.0834 e. The Kier molecular flexibility index (Phi) is 5.30. The second kappa shape index (κ2) is 6.55. The predicted molar refractivity (Wildman–Crippen MR) is 82.9 cm³/mol. The first-order valence-corrected chi connectivity index (χ1v) is 8.78. The van der Waals surface area contributed by atoms with Crippen LogP contribution < -0.4 is 5.32 Å². The van der Waals surface area contributed by atoms with E-state index in [0.29, 0.717) is 10.5 Å². The maximum Gasteiger partial charge on any atom is 0.0834 e. The second-order valence-electron chi connectivity index (χ2n) is 4.37. The van der Waals surface area contributed by atoms with Gasteiger partial charge in [-0.2, -0.15) is 28.6 Å². The van der Waals surface area contributed by atoms with Gasteiger partial charge in [0.1, 0.15) is 0 Å². The van der Waals surface area contributed by atoms with E-state index >= 15 is 0 Å². The largest absolute Gasteiger partial charge is 0.311 e. The Morgan fingerprint density at radius 1 is 1.56 bits per heavy atom. The highest BCUT2D eigenvalue weighted by Crippen LogP contribution is 2.40. The lowest BCUT2D eigenvalue weighted by Gasteiger charge is -2.34. The van der Waals surface area contributed by atoms with E-state index in [1.165, 1.54) is 11.5 Å². The number of rotatable bonds is 4. The third-order valence-corrected chi connectivity index (χ3v) is 6.79. The molecule has 0 aromatic carbocycles. The van der Waals surface area contributed by atoms with Crippen molar-refractivity contribution in [3.63, 3.8) is 0 Å². The standard InChI is InChI=1S/C12H20ClN3S2/c1-4-16-11(9(13)7-15-16)10(14-3)12-8(2)17-5-6-18-12/h7-8,10,12,14H,4-6H2,1-3H3. The van der Waals surface area contributed by atoms with Crippen LogP contribution in [0.25, 0.3) is 0 Å². The fourth-order valence-corrected chi connectivity index (χ4v) is 5.62. The summed E-state index contributed by atoms with van der Waals surface area (Å²) in [6.45, 7) is 5.28. The molecule has 0 aliphatic carbocycles. The number of nitrogens with zero attached hydrogens (tertiary/aromatic N) is 2. The molecule has 6 heteroatoms. The van der Waals surface area contributed by atoms with Crippen LogP contribution in [0.5, 0.6) is 0 Å². The molecule has 3 atom stereocenters. The second-order valence-corrected chi connectivity index (χ2v) is 7.55. The Bertz CT molecular complexity index is 397. The Balaban J connectivity index is 2.29. The van der Waals surface area contributed by atoms with Crippen LogP contribution in [0.1, 0.15) is 25.6 Å². The van der Waals surface area contributed by atoms with Crippen molar-refractivity contribution < 1.29 is 0 Å². The maximum absolute atomic E-state index is 6.32. The van der Waals surface area contributed by atoms with Gasteiger partial charge in [-0.05, 0) is 14.0 Å². The zero-order chi connectivity index (χ0) is 13.1. The summed E-state index contributed by atoms with van der Waals surface area (Å²) in [4.78, 5) is 0. The fraction of sp³-hybridized carbons (Fsp3) is 0.750. The molecular weight excluding hydrogens is 286 g/mol. The van der Waals surface area contributed by atoms with E-state index in [1.54, 1.807) is 6.20 Å². The molecule has 1 fully saturated rings. The summed E-state index contributed by atoms with van der Waals surface area (Å²) >= 11 is 10.4. The van der Waals surface area contributed by atoms with Crippen LogP contribution in [-0.2, 0) is 6.54 Å². The van der Waals surface area contributed by atoms with Gasteiger partial charge in [0.05, 0.1) is 23.0 Å². The topological polar surface area (TPSA) is 29.9 Å². The van der Waals surface area contributed by atoms with Crippen LogP contribution in [0.15, 0.2) is 6.20 Å². The molecule has 0 amide bonds. The molecule has 2 heterocycles. The Morgan fingerprint density at radius 2 is 2.28 bits per heavy atom. The van der Waals surface area contributed by atoms with Crippen LogP contribution in [-0.4, -0.2) is 38.8 Å². The number of halogens is 1. The SMILES string of the molecule is CCn1ncc(Cl)c1C(NC)C1SCCSC1C. The zero-order valence-electron chi connectivity index (χ0n) is 11.0. The Hall–Kier alpha value is 0.160. The van der Waals surface area contributed by atoms with Crippen molar-refractivity contribution in [2.75, 3.05) is 18.6 Å². The van der Waals surface area contributed by atoms with Gasteiger partial charge >= 0.3 is 0 Å². The Labute approximate surface area is 122 Å². The van der Waals surface area contributed by atoms with Crippen molar-refractivity contribution in [1.82, 2.24) is 15.1 Å². The van der Waals surface area contributed by atoms with Crippen LogP contribution in [0, 0.1) is 0 Å². The molecule has 1 aliphatic heterocycles. The van der Waals surface area contributed by atoms with Crippen molar-refractivity contribution in [2.24, 2.45) is 0 Å². The molecule has 1 aliphatic rings. The summed E-state index contributed by atoms with van der Waals surface area (Å²) in [7, 11) is 2.01. The minimum absolute atomic E-state index is 0.271. The number of aryl methyl sites for hydroxylation is 1. The van der Waals surface area contributed by atoms with E-state index in [9.17, 15) is 0 Å². The molecule has 0 radical (unpaired) electrons. The summed E-state index contributed by atoms with van der Waals surface area (Å²) < 4.78 is 2.01. The Morgan fingerprint density at radius 3 is 2.89 bits per heavy atom. The van der Waals surface area contributed by atoms with Gasteiger partial charge in [-0.3, -0.25) is 4.68 Å². The van der Waals surface area contributed by atoms with Crippen LogP contribution in [0.4, 0.5) is 0 Å². The van der Waals surface area contributed by atoms with Crippen LogP contribution in [0.3, 0.4) is 0 Å². The molecule has 1 aromatic rings. The first-order chi connectivity index (χ1) is 8.69. The van der Waals surface area contributed by atoms with Gasteiger partial charge in [0.25, 0.3) is 0 Å². The van der Waals surface area contributed by atoms with E-state index in [-0.39, 0.29) is 6.04 Å². The highest BCUT2D eigenvalue weighted by molar-refractivity contribution is 8.07. The molecule has 1 aromatic heterocycles. The average Bonchev–Trinajstić information content (AvgIpc) is 2.74. The summed E-state index contributed by atoms with van der Waals surface area (Å²) in [6, 6.07) is 0.271. The highest BCUT2D eigenvalue weighted by atomic mass is 35.5. The number of hydrogen-bond donors (Lipinski definition) is 1. The fourth-order valence-electron chi connectivity index (χ4n) is 2.41. The van der Waals surface area contributed by atoms with Crippen molar-refractivity contribution in [3.8, 4) is 0 Å². The minimum atomic E-state index is 0.271. The number of aromatic nitrogens is 2.